The molecule has 0 radical (unpaired) electrons. The largest absolute Gasteiger partial charge is 0.341 e. The molecular weight excluding hydrogens is 348 g/mol. The first kappa shape index (κ1) is 17.6. The molecule has 0 saturated carbocycles. The zero-order chi connectivity index (χ0) is 18.3. The molecule has 0 aliphatic carbocycles. The number of aryl methyl sites for hydroxylation is 1. The third-order valence-electron chi connectivity index (χ3n) is 5.72. The van der Waals surface area contributed by atoms with Crippen molar-refractivity contribution in [3.8, 4) is 5.69 Å². The van der Waals surface area contributed by atoms with Gasteiger partial charge >= 0.3 is 0 Å². The van der Waals surface area contributed by atoms with Gasteiger partial charge in [-0.05, 0) is 57.4 Å². The van der Waals surface area contributed by atoms with Crippen LogP contribution in [-0.2, 0) is 11.2 Å². The number of nitrogens with one attached hydrogen (secondary N) is 1. The molecule has 6 heteroatoms. The van der Waals surface area contributed by atoms with E-state index < -0.39 is 0 Å². The van der Waals surface area contributed by atoms with Crippen molar-refractivity contribution in [1.29, 1.82) is 0 Å². The number of likely N-dealkylation sites (tertiary alicyclic amines) is 1. The molecule has 2 atom stereocenters. The number of aromatic nitrogens is 2. The molecule has 2 aliphatic heterocycles. The molecule has 3 heterocycles. The number of halogens is 1. The average Bonchev–Trinajstić information content (AvgIpc) is 3.09. The number of rotatable bonds is 3. The minimum Gasteiger partial charge on any atom is -0.341 e. The number of hydrogen-bond acceptors (Lipinski definition) is 3. The summed E-state index contributed by atoms with van der Waals surface area (Å²) < 4.78 is 1.90. The summed E-state index contributed by atoms with van der Waals surface area (Å²) in [6, 6.07) is 8.67. The van der Waals surface area contributed by atoms with Crippen molar-refractivity contribution in [2.24, 2.45) is 0 Å². The van der Waals surface area contributed by atoms with E-state index in [1.807, 2.05) is 47.7 Å². The second kappa shape index (κ2) is 7.05. The first-order valence-electron chi connectivity index (χ1n) is 9.36. The van der Waals surface area contributed by atoms with E-state index in [1.165, 1.54) is 12.8 Å². The first-order chi connectivity index (χ1) is 12.5. The molecule has 5 nitrogen and oxygen atoms in total. The summed E-state index contributed by atoms with van der Waals surface area (Å²) in [5.41, 5.74) is 3.94. The molecule has 2 fully saturated rings. The second-order valence-corrected chi connectivity index (χ2v) is 7.92. The predicted molar refractivity (Wildman–Crippen MR) is 103 cm³/mol. The summed E-state index contributed by atoms with van der Waals surface area (Å²) in [6.45, 7) is 5.70. The summed E-state index contributed by atoms with van der Waals surface area (Å²) in [7, 11) is 0. The fourth-order valence-electron chi connectivity index (χ4n) is 4.20. The minimum atomic E-state index is 0.209. The van der Waals surface area contributed by atoms with Gasteiger partial charge in [-0.1, -0.05) is 11.6 Å². The average molecular weight is 373 g/mol. The maximum Gasteiger partial charge on any atom is 0.227 e. The Morgan fingerprint density at radius 3 is 2.69 bits per heavy atom. The molecule has 2 saturated heterocycles. The van der Waals surface area contributed by atoms with Crippen LogP contribution in [0.3, 0.4) is 0 Å². The Hall–Kier alpha value is -1.85. The highest BCUT2D eigenvalue weighted by molar-refractivity contribution is 6.30. The highest BCUT2D eigenvalue weighted by atomic mass is 35.5. The molecule has 2 unspecified atom stereocenters. The lowest BCUT2D eigenvalue weighted by Crippen LogP contribution is -2.39. The maximum atomic E-state index is 12.9. The Morgan fingerprint density at radius 1 is 1.19 bits per heavy atom. The smallest absolute Gasteiger partial charge is 0.227 e. The summed E-state index contributed by atoms with van der Waals surface area (Å²) in [4.78, 5) is 15.0. The SMILES string of the molecule is Cc1nn(-c2ccc(Cl)cc2)c(C)c1CC(=O)N1CCC2CCC(C1)N2. The van der Waals surface area contributed by atoms with Crippen molar-refractivity contribution in [2.45, 2.75) is 51.6 Å². The third kappa shape index (κ3) is 3.38. The molecule has 26 heavy (non-hydrogen) atoms. The van der Waals surface area contributed by atoms with Crippen molar-refractivity contribution in [3.63, 3.8) is 0 Å². The van der Waals surface area contributed by atoms with Crippen molar-refractivity contribution >= 4 is 17.5 Å². The van der Waals surface area contributed by atoms with E-state index in [0.717, 1.165) is 42.1 Å². The van der Waals surface area contributed by atoms with Gasteiger partial charge in [0.15, 0.2) is 0 Å². The van der Waals surface area contributed by atoms with Gasteiger partial charge in [0, 0.05) is 41.5 Å². The second-order valence-electron chi connectivity index (χ2n) is 7.48. The van der Waals surface area contributed by atoms with Crippen LogP contribution in [0.1, 0.15) is 36.2 Å². The van der Waals surface area contributed by atoms with Gasteiger partial charge in [0.05, 0.1) is 17.8 Å². The van der Waals surface area contributed by atoms with Gasteiger partial charge in [0.1, 0.15) is 0 Å². The standard InChI is InChI=1S/C20H25ClN4O/c1-13-19(14(2)25(23-13)18-7-3-15(21)4-8-18)11-20(26)24-10-9-16-5-6-17(12-24)22-16/h3-4,7-8,16-17,22H,5-6,9-12H2,1-2H3. The van der Waals surface area contributed by atoms with Gasteiger partial charge in [-0.25, -0.2) is 4.68 Å². The highest BCUT2D eigenvalue weighted by Gasteiger charge is 2.31. The van der Waals surface area contributed by atoms with Gasteiger partial charge in [-0.15, -0.1) is 0 Å². The number of carbonyl (C=O) groups excluding carboxylic acids is 1. The fraction of sp³-hybridized carbons (Fsp3) is 0.500. The van der Waals surface area contributed by atoms with E-state index >= 15 is 0 Å². The molecule has 1 amide bonds. The van der Waals surface area contributed by atoms with Crippen molar-refractivity contribution in [3.05, 3.63) is 46.2 Å². The van der Waals surface area contributed by atoms with Gasteiger partial charge in [0.25, 0.3) is 0 Å². The zero-order valence-corrected chi connectivity index (χ0v) is 16.1. The Kier molecular flexibility index (Phi) is 4.76. The summed E-state index contributed by atoms with van der Waals surface area (Å²) in [5, 5.41) is 8.99. The van der Waals surface area contributed by atoms with Crippen LogP contribution in [0.2, 0.25) is 5.02 Å². The van der Waals surface area contributed by atoms with Crippen molar-refractivity contribution in [2.75, 3.05) is 13.1 Å². The molecule has 1 aromatic heterocycles. The number of fused-ring (bicyclic) bond motifs is 2. The maximum absolute atomic E-state index is 12.9. The molecule has 2 bridgehead atoms. The van der Waals surface area contributed by atoms with Crippen LogP contribution in [0.4, 0.5) is 0 Å². The van der Waals surface area contributed by atoms with Gasteiger partial charge < -0.3 is 10.2 Å². The summed E-state index contributed by atoms with van der Waals surface area (Å²) >= 11 is 5.99. The molecule has 4 rings (SSSR count). The first-order valence-corrected chi connectivity index (χ1v) is 9.74. The number of hydrogen-bond donors (Lipinski definition) is 1. The van der Waals surface area contributed by atoms with Crippen LogP contribution in [0.15, 0.2) is 24.3 Å². The lowest BCUT2D eigenvalue weighted by atomic mass is 10.1. The minimum absolute atomic E-state index is 0.209. The van der Waals surface area contributed by atoms with E-state index in [0.29, 0.717) is 23.5 Å². The number of amides is 1. The van der Waals surface area contributed by atoms with Crippen LogP contribution in [0.25, 0.3) is 5.69 Å². The Bertz CT molecular complexity index is 814. The van der Waals surface area contributed by atoms with Crippen molar-refractivity contribution < 1.29 is 4.79 Å². The number of benzene rings is 1. The number of carbonyl (C=O) groups is 1. The Morgan fingerprint density at radius 2 is 1.92 bits per heavy atom. The third-order valence-corrected chi connectivity index (χ3v) is 5.97. The van der Waals surface area contributed by atoms with E-state index in [2.05, 4.69) is 10.4 Å². The van der Waals surface area contributed by atoms with Crippen LogP contribution in [0.5, 0.6) is 0 Å². The van der Waals surface area contributed by atoms with Crippen LogP contribution < -0.4 is 5.32 Å². The van der Waals surface area contributed by atoms with Crippen molar-refractivity contribution in [1.82, 2.24) is 20.0 Å². The molecular formula is C20H25ClN4O. The fourth-order valence-corrected chi connectivity index (χ4v) is 4.32. The van der Waals surface area contributed by atoms with E-state index in [1.54, 1.807) is 0 Å². The zero-order valence-electron chi connectivity index (χ0n) is 15.3. The topological polar surface area (TPSA) is 50.2 Å². The van der Waals surface area contributed by atoms with Crippen LogP contribution in [0, 0.1) is 13.8 Å². The molecule has 2 aromatic rings. The normalized spacial score (nSPS) is 22.5. The molecule has 1 aromatic carbocycles. The van der Waals surface area contributed by atoms with E-state index in [9.17, 15) is 4.79 Å². The van der Waals surface area contributed by atoms with Crippen LogP contribution in [-0.4, -0.2) is 45.8 Å². The van der Waals surface area contributed by atoms with E-state index in [4.69, 9.17) is 11.6 Å². The molecule has 138 valence electrons. The Balaban J connectivity index is 1.53. The van der Waals surface area contributed by atoms with Gasteiger partial charge in [0.2, 0.25) is 5.91 Å². The molecule has 0 spiro atoms. The summed E-state index contributed by atoms with van der Waals surface area (Å²) in [5.74, 6) is 0.209. The molecule has 2 aliphatic rings. The lowest BCUT2D eigenvalue weighted by molar-refractivity contribution is -0.130. The predicted octanol–water partition coefficient (Wildman–Crippen LogP) is 3.04. The van der Waals surface area contributed by atoms with Gasteiger partial charge in [-0.3, -0.25) is 4.79 Å². The lowest BCUT2D eigenvalue weighted by Gasteiger charge is -2.24. The quantitative estimate of drug-likeness (QED) is 0.900. The number of nitrogens with zero attached hydrogens (tertiary/aromatic N) is 3. The summed E-state index contributed by atoms with van der Waals surface area (Å²) in [6.07, 6.45) is 3.91. The Labute approximate surface area is 159 Å². The highest BCUT2D eigenvalue weighted by Crippen LogP contribution is 2.23. The monoisotopic (exact) mass is 372 g/mol. The van der Waals surface area contributed by atoms with E-state index in [-0.39, 0.29) is 5.91 Å². The van der Waals surface area contributed by atoms with Crippen LogP contribution >= 0.6 is 11.6 Å². The molecule has 1 N–H and O–H groups in total. The van der Waals surface area contributed by atoms with Gasteiger partial charge in [-0.2, -0.15) is 5.10 Å².